The van der Waals surface area contributed by atoms with Gasteiger partial charge in [-0.2, -0.15) is 0 Å². The number of ketones is 1. The van der Waals surface area contributed by atoms with Gasteiger partial charge in [0.15, 0.2) is 5.78 Å². The van der Waals surface area contributed by atoms with Crippen LogP contribution < -0.4 is 5.32 Å². The van der Waals surface area contributed by atoms with E-state index in [9.17, 15) is 9.59 Å². The molecule has 1 aliphatic carbocycles. The van der Waals surface area contributed by atoms with Crippen LogP contribution in [0.5, 0.6) is 0 Å². The lowest BCUT2D eigenvalue weighted by atomic mass is 9.79. The topological polar surface area (TPSA) is 55.4 Å². The molecule has 84 valence electrons. The molecule has 1 rings (SSSR count). The number of hydrogen-bond acceptors (Lipinski definition) is 3. The molecule has 0 fully saturated rings. The third-order valence-corrected chi connectivity index (χ3v) is 2.20. The molecule has 0 atom stereocenters. The van der Waals surface area contributed by atoms with Gasteiger partial charge in [-0.25, -0.2) is 4.79 Å². The highest BCUT2D eigenvalue weighted by Crippen LogP contribution is 2.32. The molecule has 4 nitrogen and oxygen atoms in total. The number of carbonyl (C=O) groups excluding carboxylic acids is 2. The number of hydrogen-bond donors (Lipinski definition) is 1. The van der Waals surface area contributed by atoms with E-state index in [1.807, 2.05) is 13.8 Å². The first-order valence-electron chi connectivity index (χ1n) is 5.10. The van der Waals surface area contributed by atoms with E-state index in [-0.39, 0.29) is 11.2 Å². The highest BCUT2D eigenvalue weighted by Gasteiger charge is 2.28. The van der Waals surface area contributed by atoms with Gasteiger partial charge in [0, 0.05) is 18.2 Å². The van der Waals surface area contributed by atoms with Gasteiger partial charge in [-0.15, -0.1) is 0 Å². The van der Waals surface area contributed by atoms with Crippen molar-refractivity contribution in [1.29, 1.82) is 0 Å². The zero-order valence-electron chi connectivity index (χ0n) is 9.42. The summed E-state index contributed by atoms with van der Waals surface area (Å²) in [5.74, 6) is 0.0537. The molecule has 0 aromatic heterocycles. The molecule has 0 radical (unpaired) electrons. The van der Waals surface area contributed by atoms with Crippen LogP contribution in [0.25, 0.3) is 0 Å². The predicted octanol–water partition coefficient (Wildman–Crippen LogP) is 2.01. The maximum atomic E-state index is 11.4. The number of allylic oxidation sites excluding steroid dienone is 2. The minimum atomic E-state index is -0.491. The first kappa shape index (κ1) is 11.8. The molecule has 0 aromatic rings. The lowest BCUT2D eigenvalue weighted by Crippen LogP contribution is -2.31. The van der Waals surface area contributed by atoms with Crippen molar-refractivity contribution >= 4 is 11.9 Å². The van der Waals surface area contributed by atoms with E-state index in [0.717, 1.165) is 0 Å². The van der Waals surface area contributed by atoms with Crippen LogP contribution in [0.3, 0.4) is 0 Å². The van der Waals surface area contributed by atoms with Crippen molar-refractivity contribution in [3.8, 4) is 0 Å². The summed E-state index contributed by atoms with van der Waals surface area (Å²) in [6.07, 6.45) is 2.22. The summed E-state index contributed by atoms with van der Waals surface area (Å²) >= 11 is 0. The fourth-order valence-corrected chi connectivity index (χ4v) is 1.72. The Kier molecular flexibility index (Phi) is 3.50. The molecular weight excluding hydrogens is 194 g/mol. The zero-order chi connectivity index (χ0) is 11.5. The van der Waals surface area contributed by atoms with Gasteiger partial charge in [-0.1, -0.05) is 13.8 Å². The van der Waals surface area contributed by atoms with E-state index in [2.05, 4.69) is 5.32 Å². The van der Waals surface area contributed by atoms with Crippen LogP contribution in [0.15, 0.2) is 11.8 Å². The number of ether oxygens (including phenoxy) is 1. The number of alkyl carbamates (subject to hydrolysis) is 1. The number of carbonyl (C=O) groups is 2. The average molecular weight is 211 g/mol. The molecule has 1 amide bonds. The minimum Gasteiger partial charge on any atom is -0.450 e. The van der Waals surface area contributed by atoms with E-state index in [1.165, 1.54) is 6.08 Å². The molecule has 0 aliphatic heterocycles. The maximum absolute atomic E-state index is 11.4. The second kappa shape index (κ2) is 4.47. The monoisotopic (exact) mass is 211 g/mol. The molecule has 0 aromatic carbocycles. The molecule has 0 spiro atoms. The van der Waals surface area contributed by atoms with E-state index in [4.69, 9.17) is 4.74 Å². The van der Waals surface area contributed by atoms with E-state index >= 15 is 0 Å². The molecular formula is C11H17NO3. The van der Waals surface area contributed by atoms with E-state index in [0.29, 0.717) is 25.1 Å². The van der Waals surface area contributed by atoms with Crippen molar-refractivity contribution in [3.05, 3.63) is 11.8 Å². The molecule has 0 saturated carbocycles. The predicted molar refractivity (Wildman–Crippen MR) is 56.3 cm³/mol. The number of nitrogens with one attached hydrogen (secondary N) is 1. The summed E-state index contributed by atoms with van der Waals surface area (Å²) in [6, 6.07) is 0. The summed E-state index contributed by atoms with van der Waals surface area (Å²) in [7, 11) is 0. The Labute approximate surface area is 89.7 Å². The Balaban J connectivity index is 2.62. The van der Waals surface area contributed by atoms with Gasteiger partial charge in [-0.05, 0) is 18.8 Å². The van der Waals surface area contributed by atoms with Crippen LogP contribution in [-0.4, -0.2) is 18.5 Å². The Bertz CT molecular complexity index is 305. The number of rotatable bonds is 2. The van der Waals surface area contributed by atoms with Crippen molar-refractivity contribution < 1.29 is 14.3 Å². The summed E-state index contributed by atoms with van der Waals surface area (Å²) in [5, 5.41) is 2.58. The first-order chi connectivity index (χ1) is 6.93. The standard InChI is InChI=1S/C11H17NO3/c1-4-15-10(14)12-8-5-9(13)7-11(2,3)6-8/h5H,4,6-7H2,1-3H3,(H,12,14). The Hall–Kier alpha value is -1.32. The van der Waals surface area contributed by atoms with Crippen molar-refractivity contribution in [2.45, 2.75) is 33.6 Å². The van der Waals surface area contributed by atoms with Crippen LogP contribution in [0.1, 0.15) is 33.6 Å². The Morgan fingerprint density at radius 1 is 1.53 bits per heavy atom. The summed E-state index contributed by atoms with van der Waals surface area (Å²) in [6.45, 7) is 6.08. The Morgan fingerprint density at radius 2 is 2.20 bits per heavy atom. The summed E-state index contributed by atoms with van der Waals surface area (Å²) < 4.78 is 4.75. The third kappa shape index (κ3) is 3.73. The normalized spacial score (nSPS) is 19.4. The molecule has 0 saturated heterocycles. The highest BCUT2D eigenvalue weighted by molar-refractivity contribution is 5.92. The molecule has 0 unspecified atom stereocenters. The average Bonchev–Trinajstić information content (AvgIpc) is 1.99. The van der Waals surface area contributed by atoms with E-state index in [1.54, 1.807) is 6.92 Å². The maximum Gasteiger partial charge on any atom is 0.411 e. The fourth-order valence-electron chi connectivity index (χ4n) is 1.72. The lowest BCUT2D eigenvalue weighted by molar-refractivity contribution is -0.117. The summed E-state index contributed by atoms with van der Waals surface area (Å²) in [5.41, 5.74) is 0.565. The largest absolute Gasteiger partial charge is 0.450 e. The third-order valence-electron chi connectivity index (χ3n) is 2.20. The minimum absolute atomic E-state index is 0.0537. The van der Waals surface area contributed by atoms with Crippen molar-refractivity contribution in [1.82, 2.24) is 5.32 Å². The van der Waals surface area contributed by atoms with Crippen LogP contribution in [0, 0.1) is 5.41 Å². The van der Waals surface area contributed by atoms with Crippen molar-refractivity contribution in [2.75, 3.05) is 6.61 Å². The van der Waals surface area contributed by atoms with Gasteiger partial charge in [0.05, 0.1) is 6.61 Å². The SMILES string of the molecule is CCOC(=O)NC1=CC(=O)CC(C)(C)C1. The quantitative estimate of drug-likeness (QED) is 0.760. The fraction of sp³-hybridized carbons (Fsp3) is 0.636. The molecule has 15 heavy (non-hydrogen) atoms. The van der Waals surface area contributed by atoms with Gasteiger partial charge in [-0.3, -0.25) is 10.1 Å². The summed E-state index contributed by atoms with van der Waals surface area (Å²) in [4.78, 5) is 22.5. The van der Waals surface area contributed by atoms with E-state index < -0.39 is 6.09 Å². The van der Waals surface area contributed by atoms with Crippen LogP contribution in [0.2, 0.25) is 0 Å². The molecule has 1 aliphatic rings. The smallest absolute Gasteiger partial charge is 0.411 e. The van der Waals surface area contributed by atoms with Gasteiger partial charge in [0.2, 0.25) is 0 Å². The van der Waals surface area contributed by atoms with Gasteiger partial charge < -0.3 is 4.74 Å². The van der Waals surface area contributed by atoms with Crippen LogP contribution in [-0.2, 0) is 9.53 Å². The van der Waals surface area contributed by atoms with Crippen molar-refractivity contribution in [3.63, 3.8) is 0 Å². The molecule has 0 heterocycles. The second-order valence-corrected chi connectivity index (χ2v) is 4.50. The first-order valence-corrected chi connectivity index (χ1v) is 5.10. The Morgan fingerprint density at radius 3 is 2.73 bits per heavy atom. The van der Waals surface area contributed by atoms with Crippen molar-refractivity contribution in [2.24, 2.45) is 5.41 Å². The van der Waals surface area contributed by atoms with Gasteiger partial charge in [0.25, 0.3) is 0 Å². The lowest BCUT2D eigenvalue weighted by Gasteiger charge is -2.28. The zero-order valence-corrected chi connectivity index (χ0v) is 9.42. The van der Waals surface area contributed by atoms with Gasteiger partial charge in [0.1, 0.15) is 0 Å². The second-order valence-electron chi connectivity index (χ2n) is 4.50. The van der Waals surface area contributed by atoms with Gasteiger partial charge >= 0.3 is 6.09 Å². The van der Waals surface area contributed by atoms with Crippen LogP contribution in [0.4, 0.5) is 4.79 Å². The number of amides is 1. The highest BCUT2D eigenvalue weighted by atomic mass is 16.5. The molecule has 0 bridgehead atoms. The van der Waals surface area contributed by atoms with Crippen LogP contribution >= 0.6 is 0 Å². The molecule has 1 N–H and O–H groups in total. The molecule has 4 heteroatoms.